The third kappa shape index (κ3) is 1.84. The molecular weight excluding hydrogens is 321 g/mol. The molecule has 3 heteroatoms. The summed E-state index contributed by atoms with van der Waals surface area (Å²) in [7, 11) is 0. The Bertz CT molecular complexity index is 1310. The second-order valence-corrected chi connectivity index (χ2v) is 6.18. The molecule has 5 rings (SSSR count). The molecule has 0 bridgehead atoms. The minimum absolute atomic E-state index is 0.0537. The zero-order valence-corrected chi connectivity index (χ0v) is 13.0. The number of hydrogen-bond acceptors (Lipinski definition) is 0. The third-order valence-electron chi connectivity index (χ3n) is 4.91. The van der Waals surface area contributed by atoms with Gasteiger partial charge in [0.25, 0.3) is 0 Å². The Morgan fingerprint density at radius 2 is 1.08 bits per heavy atom. The maximum atomic E-state index is 14.3. The van der Waals surface area contributed by atoms with Gasteiger partial charge in [0, 0.05) is 10.9 Å². The normalized spacial score (nSPS) is 11.8. The minimum Gasteiger partial charge on any atom is -0.200 e. The second-order valence-electron chi connectivity index (χ2n) is 6.18. The molecule has 0 atom stereocenters. The maximum Gasteiger partial charge on any atom is 0.306 e. The fourth-order valence-corrected chi connectivity index (χ4v) is 3.94. The Kier molecular flexibility index (Phi) is 2.84. The second kappa shape index (κ2) is 4.96. The van der Waals surface area contributed by atoms with Crippen LogP contribution in [0.25, 0.3) is 48.9 Å². The summed E-state index contributed by atoms with van der Waals surface area (Å²) in [5, 5.41) is 7.06. The van der Waals surface area contributed by atoms with Crippen molar-refractivity contribution in [1.29, 1.82) is 0 Å². The van der Waals surface area contributed by atoms with Crippen LogP contribution >= 0.6 is 0 Å². The van der Waals surface area contributed by atoms with Crippen molar-refractivity contribution < 1.29 is 13.2 Å². The van der Waals surface area contributed by atoms with Crippen LogP contribution in [0.15, 0.2) is 72.8 Å². The van der Waals surface area contributed by atoms with Crippen molar-refractivity contribution in [3.05, 3.63) is 78.4 Å². The summed E-state index contributed by atoms with van der Waals surface area (Å²) < 4.78 is 40.4. The number of rotatable bonds is 1. The fourth-order valence-electron chi connectivity index (χ4n) is 3.94. The summed E-state index contributed by atoms with van der Waals surface area (Å²) >= 11 is 0. The van der Waals surface area contributed by atoms with E-state index in [0.717, 1.165) is 37.7 Å². The molecule has 120 valence electrons. The number of halogens is 3. The van der Waals surface area contributed by atoms with Crippen LogP contribution < -0.4 is 0 Å². The Balaban J connectivity index is 2.21. The average molecular weight is 332 g/mol. The van der Waals surface area contributed by atoms with Gasteiger partial charge in [-0.05, 0) is 37.7 Å². The van der Waals surface area contributed by atoms with Crippen molar-refractivity contribution in [3.63, 3.8) is 0 Å². The van der Waals surface area contributed by atoms with E-state index in [1.165, 1.54) is 6.07 Å². The molecule has 0 saturated heterocycles. The lowest BCUT2D eigenvalue weighted by molar-refractivity contribution is 0.410. The Hall–Kier alpha value is -3.07. The molecule has 0 aromatic heterocycles. The highest BCUT2D eigenvalue weighted by molar-refractivity contribution is 6.34. The topological polar surface area (TPSA) is 0 Å². The highest BCUT2D eigenvalue weighted by Gasteiger charge is 2.19. The van der Waals surface area contributed by atoms with Gasteiger partial charge in [0.2, 0.25) is 0 Å². The minimum atomic E-state index is -2.29. The highest BCUT2D eigenvalue weighted by atomic mass is 19.3. The Labute approximate surface area is 141 Å². The molecule has 0 nitrogen and oxygen atoms in total. The van der Waals surface area contributed by atoms with Crippen molar-refractivity contribution in [2.24, 2.45) is 0 Å². The van der Waals surface area contributed by atoms with Crippen molar-refractivity contribution in [2.75, 3.05) is 0 Å². The largest absolute Gasteiger partial charge is 0.306 e. The van der Waals surface area contributed by atoms with Gasteiger partial charge in [-0.3, -0.25) is 0 Å². The molecule has 25 heavy (non-hydrogen) atoms. The van der Waals surface area contributed by atoms with E-state index in [2.05, 4.69) is 0 Å². The van der Waals surface area contributed by atoms with Gasteiger partial charge in [-0.1, -0.05) is 66.7 Å². The molecule has 0 heterocycles. The van der Waals surface area contributed by atoms with Gasteiger partial charge in [-0.15, -0.1) is 0 Å². The quantitative estimate of drug-likeness (QED) is 0.224. The standard InChI is InChI=1S/C22H11F3/c23-21(22(24)25)17-11-10-13-6-2-8-15-14-7-1-4-12-5-3-9-16(18(12)14)20(17)19(13)15/h1-11H. The molecule has 5 aromatic rings. The molecule has 0 aliphatic rings. The zero-order chi connectivity index (χ0) is 17.1. The predicted octanol–water partition coefficient (Wildman–Crippen LogP) is 7.27. The van der Waals surface area contributed by atoms with Crippen LogP contribution in [0.5, 0.6) is 0 Å². The molecule has 0 spiro atoms. The summed E-state index contributed by atoms with van der Waals surface area (Å²) in [6, 6.07) is 20.7. The van der Waals surface area contributed by atoms with Crippen LogP contribution in [0.2, 0.25) is 0 Å². The fraction of sp³-hybridized carbons (Fsp3) is 0. The monoisotopic (exact) mass is 332 g/mol. The van der Waals surface area contributed by atoms with E-state index in [1.807, 2.05) is 54.6 Å². The molecule has 0 N–H and O–H groups in total. The number of benzene rings is 5. The molecule has 0 radical (unpaired) electrons. The lowest BCUT2D eigenvalue weighted by Crippen LogP contribution is -1.91. The van der Waals surface area contributed by atoms with E-state index < -0.39 is 11.9 Å². The summed E-state index contributed by atoms with van der Waals surface area (Å²) in [4.78, 5) is 0. The zero-order valence-electron chi connectivity index (χ0n) is 13.0. The lowest BCUT2D eigenvalue weighted by Gasteiger charge is -2.16. The molecule has 0 aliphatic carbocycles. The Morgan fingerprint density at radius 3 is 1.72 bits per heavy atom. The summed E-state index contributed by atoms with van der Waals surface area (Å²) in [5.74, 6) is -1.46. The van der Waals surface area contributed by atoms with Crippen molar-refractivity contribution in [1.82, 2.24) is 0 Å². The van der Waals surface area contributed by atoms with Crippen molar-refractivity contribution in [3.8, 4) is 0 Å². The van der Waals surface area contributed by atoms with Gasteiger partial charge in [0.1, 0.15) is 0 Å². The number of hydrogen-bond donors (Lipinski definition) is 0. The highest BCUT2D eigenvalue weighted by Crippen LogP contribution is 2.43. The molecular formula is C22H11F3. The third-order valence-corrected chi connectivity index (χ3v) is 4.91. The molecule has 0 amide bonds. The predicted molar refractivity (Wildman–Crippen MR) is 97.9 cm³/mol. The molecule has 5 aromatic carbocycles. The van der Waals surface area contributed by atoms with Crippen LogP contribution in [0.1, 0.15) is 5.56 Å². The first-order valence-corrected chi connectivity index (χ1v) is 7.96. The first-order valence-electron chi connectivity index (χ1n) is 7.96. The molecule has 0 aliphatic heterocycles. The van der Waals surface area contributed by atoms with Crippen molar-refractivity contribution >= 4 is 48.9 Å². The van der Waals surface area contributed by atoms with E-state index in [-0.39, 0.29) is 5.56 Å². The summed E-state index contributed by atoms with van der Waals surface area (Å²) in [6.45, 7) is 0. The van der Waals surface area contributed by atoms with Gasteiger partial charge in [-0.2, -0.15) is 8.78 Å². The van der Waals surface area contributed by atoms with Crippen LogP contribution in [-0.2, 0) is 0 Å². The van der Waals surface area contributed by atoms with Gasteiger partial charge in [0.05, 0.1) is 0 Å². The van der Waals surface area contributed by atoms with Gasteiger partial charge in [0.15, 0.2) is 5.83 Å². The van der Waals surface area contributed by atoms with Crippen LogP contribution in [0.4, 0.5) is 13.2 Å². The van der Waals surface area contributed by atoms with E-state index in [9.17, 15) is 13.2 Å². The summed E-state index contributed by atoms with van der Waals surface area (Å²) in [6.07, 6.45) is -2.29. The van der Waals surface area contributed by atoms with Crippen LogP contribution in [-0.4, -0.2) is 0 Å². The van der Waals surface area contributed by atoms with Crippen LogP contribution in [0, 0.1) is 0 Å². The van der Waals surface area contributed by atoms with E-state index in [0.29, 0.717) is 5.39 Å². The average Bonchev–Trinajstić information content (AvgIpc) is 2.64. The maximum absolute atomic E-state index is 14.3. The number of fused-ring (bicyclic) bond motifs is 2. The SMILES string of the molecule is FC(F)=C(F)c1ccc2cccc3c4cccc5cccc(c1c23)c54. The molecule has 0 fully saturated rings. The Morgan fingerprint density at radius 1 is 0.520 bits per heavy atom. The molecule has 0 unspecified atom stereocenters. The van der Waals surface area contributed by atoms with Crippen LogP contribution in [0.3, 0.4) is 0 Å². The lowest BCUT2D eigenvalue weighted by atomic mass is 9.87. The smallest absolute Gasteiger partial charge is 0.200 e. The first-order chi connectivity index (χ1) is 12.2. The van der Waals surface area contributed by atoms with E-state index >= 15 is 0 Å². The van der Waals surface area contributed by atoms with Gasteiger partial charge in [-0.25, -0.2) is 4.39 Å². The summed E-state index contributed by atoms with van der Waals surface area (Å²) in [5.41, 5.74) is -0.0537. The molecule has 0 saturated carbocycles. The van der Waals surface area contributed by atoms with E-state index in [1.54, 1.807) is 6.07 Å². The van der Waals surface area contributed by atoms with E-state index in [4.69, 9.17) is 0 Å². The van der Waals surface area contributed by atoms with Crippen molar-refractivity contribution in [2.45, 2.75) is 0 Å². The first kappa shape index (κ1) is 14.3. The van der Waals surface area contributed by atoms with Gasteiger partial charge >= 0.3 is 6.08 Å². The van der Waals surface area contributed by atoms with Gasteiger partial charge < -0.3 is 0 Å².